The van der Waals surface area contributed by atoms with Crippen LogP contribution in [0, 0.1) is 0 Å². The minimum atomic E-state index is -0.513. The van der Waals surface area contributed by atoms with Crippen molar-refractivity contribution in [2.75, 3.05) is 31.2 Å². The van der Waals surface area contributed by atoms with Crippen molar-refractivity contribution in [3.8, 4) is 0 Å². The minimum Gasteiger partial charge on any atom is -0.425 e. The van der Waals surface area contributed by atoms with Gasteiger partial charge in [-0.3, -0.25) is 4.79 Å². The fourth-order valence-electron chi connectivity index (χ4n) is 1.93. The molecule has 94 valence electrons. The first-order chi connectivity index (χ1) is 8.75. The van der Waals surface area contributed by atoms with Crippen molar-refractivity contribution in [1.29, 1.82) is 0 Å². The van der Waals surface area contributed by atoms with Crippen molar-refractivity contribution in [1.82, 2.24) is 14.7 Å². The lowest BCUT2D eigenvalue weighted by molar-refractivity contribution is 0.122. The topological polar surface area (TPSA) is 80.5 Å². The summed E-state index contributed by atoms with van der Waals surface area (Å²) in [5.74, 6) is 0.584. The predicted molar refractivity (Wildman–Crippen MR) is 64.0 cm³/mol. The zero-order valence-corrected chi connectivity index (χ0v) is 9.61. The molecule has 7 nitrogen and oxygen atoms in total. The Labute approximate surface area is 102 Å². The zero-order valence-electron chi connectivity index (χ0n) is 9.61. The highest BCUT2D eigenvalue weighted by Gasteiger charge is 2.14. The number of ether oxygens (including phenoxy) is 1. The molecule has 7 heteroatoms. The van der Waals surface area contributed by atoms with Gasteiger partial charge in [-0.15, -0.1) is 0 Å². The summed E-state index contributed by atoms with van der Waals surface area (Å²) in [6.07, 6.45) is 2.73. The maximum Gasteiger partial charge on any atom is 0.293 e. The highest BCUT2D eigenvalue weighted by molar-refractivity contribution is 5.77. The van der Waals surface area contributed by atoms with E-state index in [1.54, 1.807) is 6.07 Å². The third kappa shape index (κ3) is 1.78. The van der Waals surface area contributed by atoms with Crippen LogP contribution in [-0.4, -0.2) is 46.2 Å². The highest BCUT2D eigenvalue weighted by atomic mass is 16.5. The summed E-state index contributed by atoms with van der Waals surface area (Å²) >= 11 is 0. The van der Waals surface area contributed by atoms with Gasteiger partial charge >= 0.3 is 0 Å². The second-order valence-corrected chi connectivity index (χ2v) is 4.03. The molecule has 1 fully saturated rings. The molecule has 0 atom stereocenters. The van der Waals surface area contributed by atoms with Crippen molar-refractivity contribution < 1.29 is 9.94 Å². The summed E-state index contributed by atoms with van der Waals surface area (Å²) in [4.78, 5) is 22.1. The molecule has 0 radical (unpaired) electrons. The molecule has 0 saturated carbocycles. The molecule has 18 heavy (non-hydrogen) atoms. The number of aromatic nitrogens is 3. The Morgan fingerprint density at radius 3 is 2.89 bits per heavy atom. The molecular weight excluding hydrogens is 236 g/mol. The Balaban J connectivity index is 2.06. The summed E-state index contributed by atoms with van der Waals surface area (Å²) in [6.45, 7) is 2.78. The van der Waals surface area contributed by atoms with Gasteiger partial charge in [-0.2, -0.15) is 4.73 Å². The molecule has 1 saturated heterocycles. The first-order valence-corrected chi connectivity index (χ1v) is 5.66. The Kier molecular flexibility index (Phi) is 2.60. The van der Waals surface area contributed by atoms with Gasteiger partial charge in [0.15, 0.2) is 0 Å². The molecule has 0 amide bonds. The number of nitrogens with zero attached hydrogens (tertiary/aromatic N) is 4. The summed E-state index contributed by atoms with van der Waals surface area (Å²) in [5.41, 5.74) is 0.0165. The quantitative estimate of drug-likeness (QED) is 0.708. The molecule has 0 aromatic carbocycles. The van der Waals surface area contributed by atoms with Crippen LogP contribution in [0.3, 0.4) is 0 Å². The number of hydrogen-bond donors (Lipinski definition) is 1. The van der Waals surface area contributed by atoms with E-state index in [1.807, 2.05) is 4.90 Å². The fourth-order valence-corrected chi connectivity index (χ4v) is 1.93. The van der Waals surface area contributed by atoms with E-state index in [0.717, 1.165) is 13.1 Å². The van der Waals surface area contributed by atoms with Crippen molar-refractivity contribution in [2.24, 2.45) is 0 Å². The second-order valence-electron chi connectivity index (χ2n) is 4.03. The first-order valence-electron chi connectivity index (χ1n) is 5.66. The molecule has 2 aromatic rings. The van der Waals surface area contributed by atoms with Gasteiger partial charge in [-0.05, 0) is 6.07 Å². The van der Waals surface area contributed by atoms with Gasteiger partial charge < -0.3 is 14.8 Å². The van der Waals surface area contributed by atoms with E-state index in [4.69, 9.17) is 4.74 Å². The van der Waals surface area contributed by atoms with Crippen LogP contribution in [0.4, 0.5) is 5.95 Å². The zero-order chi connectivity index (χ0) is 12.5. The van der Waals surface area contributed by atoms with E-state index in [-0.39, 0.29) is 0 Å². The van der Waals surface area contributed by atoms with Gasteiger partial charge in [-0.1, -0.05) is 0 Å². The van der Waals surface area contributed by atoms with Crippen LogP contribution in [0.2, 0.25) is 0 Å². The third-order valence-electron chi connectivity index (χ3n) is 2.91. The van der Waals surface area contributed by atoms with Gasteiger partial charge in [0, 0.05) is 25.5 Å². The van der Waals surface area contributed by atoms with E-state index >= 15 is 0 Å². The molecule has 0 bridgehead atoms. The summed E-state index contributed by atoms with van der Waals surface area (Å²) < 4.78 is 5.79. The molecule has 1 N–H and O–H groups in total. The van der Waals surface area contributed by atoms with Crippen LogP contribution in [0.25, 0.3) is 10.9 Å². The van der Waals surface area contributed by atoms with Crippen LogP contribution < -0.4 is 10.5 Å². The smallest absolute Gasteiger partial charge is 0.293 e. The van der Waals surface area contributed by atoms with E-state index < -0.39 is 5.56 Å². The monoisotopic (exact) mass is 248 g/mol. The van der Waals surface area contributed by atoms with Crippen LogP contribution in [-0.2, 0) is 4.74 Å². The summed E-state index contributed by atoms with van der Waals surface area (Å²) in [7, 11) is 0. The molecular formula is C11H12N4O3. The fraction of sp³-hybridized carbons (Fsp3) is 0.364. The molecule has 0 aliphatic carbocycles. The lowest BCUT2D eigenvalue weighted by atomic mass is 10.3. The van der Waals surface area contributed by atoms with Crippen molar-refractivity contribution in [2.45, 2.75) is 0 Å². The molecule has 1 aliphatic heterocycles. The first kappa shape index (κ1) is 11.0. The predicted octanol–water partition coefficient (Wildman–Crippen LogP) is -0.135. The number of fused-ring (bicyclic) bond motifs is 1. The van der Waals surface area contributed by atoms with Crippen LogP contribution >= 0.6 is 0 Å². The summed E-state index contributed by atoms with van der Waals surface area (Å²) in [6, 6.07) is 1.59. The number of rotatable bonds is 1. The largest absolute Gasteiger partial charge is 0.425 e. The van der Waals surface area contributed by atoms with Crippen molar-refractivity contribution in [3.63, 3.8) is 0 Å². The summed E-state index contributed by atoms with van der Waals surface area (Å²) in [5, 5.41) is 9.56. The van der Waals surface area contributed by atoms with E-state index in [1.165, 1.54) is 12.4 Å². The Hall–Kier alpha value is -2.15. The van der Waals surface area contributed by atoms with E-state index in [9.17, 15) is 10.0 Å². The molecule has 3 heterocycles. The van der Waals surface area contributed by atoms with Crippen molar-refractivity contribution in [3.05, 3.63) is 28.8 Å². The van der Waals surface area contributed by atoms with E-state index in [0.29, 0.717) is 34.8 Å². The lowest BCUT2D eigenvalue weighted by Gasteiger charge is -2.26. The molecule has 0 spiro atoms. The lowest BCUT2D eigenvalue weighted by Crippen LogP contribution is -2.37. The second kappa shape index (κ2) is 4.26. The number of pyridine rings is 1. The molecule has 0 unspecified atom stereocenters. The van der Waals surface area contributed by atoms with Crippen molar-refractivity contribution >= 4 is 16.9 Å². The molecule has 1 aliphatic rings. The maximum atomic E-state index is 11.6. The van der Waals surface area contributed by atoms with Crippen LogP contribution in [0.15, 0.2) is 23.3 Å². The number of morpholine rings is 1. The van der Waals surface area contributed by atoms with Crippen LogP contribution in [0.5, 0.6) is 0 Å². The molecule has 3 rings (SSSR count). The molecule has 2 aromatic heterocycles. The van der Waals surface area contributed by atoms with Gasteiger partial charge in [0.05, 0.1) is 24.1 Å². The Bertz CT molecular complexity index is 634. The maximum absolute atomic E-state index is 11.6. The van der Waals surface area contributed by atoms with Gasteiger partial charge in [-0.25, -0.2) is 9.97 Å². The minimum absolute atomic E-state index is 0.303. The van der Waals surface area contributed by atoms with Gasteiger partial charge in [0.2, 0.25) is 5.95 Å². The number of anilines is 1. The van der Waals surface area contributed by atoms with E-state index in [2.05, 4.69) is 9.97 Å². The average Bonchev–Trinajstić information content (AvgIpc) is 2.44. The Morgan fingerprint density at radius 1 is 1.33 bits per heavy atom. The number of hydrogen-bond acceptors (Lipinski definition) is 6. The standard InChI is InChI=1S/C11H12N4O3/c16-10-8-7-12-11(14-3-5-18-6-4-14)13-9(8)1-2-15(10)17/h1-2,7,17H,3-6H2. The van der Waals surface area contributed by atoms with Gasteiger partial charge in [0.1, 0.15) is 0 Å². The SMILES string of the molecule is O=c1c2cnc(N3CCOCC3)nc2ccn1O. The highest BCUT2D eigenvalue weighted by Crippen LogP contribution is 2.13. The Morgan fingerprint density at radius 2 is 2.11 bits per heavy atom. The van der Waals surface area contributed by atoms with Gasteiger partial charge in [0.25, 0.3) is 5.56 Å². The van der Waals surface area contributed by atoms with Crippen LogP contribution in [0.1, 0.15) is 0 Å². The normalized spacial score (nSPS) is 16.1. The average molecular weight is 248 g/mol. The third-order valence-corrected chi connectivity index (χ3v) is 2.91.